The van der Waals surface area contributed by atoms with Gasteiger partial charge in [-0.3, -0.25) is 10.1 Å². The third-order valence-electron chi connectivity index (χ3n) is 3.78. The molecular formula is C21H19NO4. The van der Waals surface area contributed by atoms with Gasteiger partial charge in [0.15, 0.2) is 0 Å². The molecule has 0 aliphatic rings. The van der Waals surface area contributed by atoms with Crippen LogP contribution in [0.25, 0.3) is 22.5 Å². The number of benzene rings is 2. The Balaban J connectivity index is 2.30. The molecule has 1 heterocycles. The van der Waals surface area contributed by atoms with E-state index in [1.165, 1.54) is 6.92 Å². The van der Waals surface area contributed by atoms with Crippen LogP contribution in [0.3, 0.4) is 0 Å². The van der Waals surface area contributed by atoms with Crippen molar-refractivity contribution in [3.8, 4) is 22.5 Å². The third kappa shape index (κ3) is 3.52. The van der Waals surface area contributed by atoms with Crippen LogP contribution >= 0.6 is 0 Å². The number of rotatable bonds is 5. The molecule has 0 atom stereocenters. The van der Waals surface area contributed by atoms with Crippen LogP contribution in [-0.4, -0.2) is 18.5 Å². The topological polar surface area (TPSA) is 68.5 Å². The van der Waals surface area contributed by atoms with Gasteiger partial charge in [-0.1, -0.05) is 60.7 Å². The van der Waals surface area contributed by atoms with Crippen molar-refractivity contribution in [2.45, 2.75) is 13.8 Å². The summed E-state index contributed by atoms with van der Waals surface area (Å²) >= 11 is 0. The number of furan rings is 1. The SMILES string of the molecule is CCOC(=O)c1c(NC(C)=O)oc(-c2ccccc2)c1-c1ccccc1. The van der Waals surface area contributed by atoms with E-state index in [-0.39, 0.29) is 24.0 Å². The van der Waals surface area contributed by atoms with E-state index < -0.39 is 5.97 Å². The lowest BCUT2D eigenvalue weighted by molar-refractivity contribution is -0.114. The van der Waals surface area contributed by atoms with Gasteiger partial charge in [-0.25, -0.2) is 4.79 Å². The average molecular weight is 349 g/mol. The van der Waals surface area contributed by atoms with Gasteiger partial charge in [0, 0.05) is 18.1 Å². The van der Waals surface area contributed by atoms with Gasteiger partial charge in [-0.05, 0) is 12.5 Å². The summed E-state index contributed by atoms with van der Waals surface area (Å²) in [5.74, 6) is -0.276. The zero-order valence-electron chi connectivity index (χ0n) is 14.6. The second-order valence-electron chi connectivity index (χ2n) is 5.64. The minimum atomic E-state index is -0.541. The summed E-state index contributed by atoms with van der Waals surface area (Å²) in [6, 6.07) is 18.9. The number of amides is 1. The molecule has 0 radical (unpaired) electrons. The maximum atomic E-state index is 12.7. The summed E-state index contributed by atoms with van der Waals surface area (Å²) in [6.45, 7) is 3.32. The van der Waals surface area contributed by atoms with E-state index in [0.29, 0.717) is 11.3 Å². The Morgan fingerprint density at radius 1 is 0.962 bits per heavy atom. The third-order valence-corrected chi connectivity index (χ3v) is 3.78. The molecule has 1 aromatic heterocycles. The van der Waals surface area contributed by atoms with E-state index >= 15 is 0 Å². The zero-order valence-corrected chi connectivity index (χ0v) is 14.6. The van der Waals surface area contributed by atoms with Crippen molar-refractivity contribution in [3.05, 3.63) is 66.2 Å². The predicted molar refractivity (Wildman–Crippen MR) is 99.8 cm³/mol. The largest absolute Gasteiger partial charge is 0.462 e. The molecule has 0 fully saturated rings. The minimum absolute atomic E-state index is 0.0913. The van der Waals surface area contributed by atoms with E-state index in [1.807, 2.05) is 60.7 Å². The first-order chi connectivity index (χ1) is 12.6. The smallest absolute Gasteiger partial charge is 0.344 e. The number of hydrogen-bond donors (Lipinski definition) is 1. The quantitative estimate of drug-likeness (QED) is 0.675. The van der Waals surface area contributed by atoms with Crippen molar-refractivity contribution >= 4 is 17.8 Å². The van der Waals surface area contributed by atoms with Crippen LogP contribution in [0.2, 0.25) is 0 Å². The molecule has 0 saturated carbocycles. The summed E-state index contributed by atoms with van der Waals surface area (Å²) in [5.41, 5.74) is 2.41. The van der Waals surface area contributed by atoms with Crippen molar-refractivity contribution < 1.29 is 18.7 Å². The standard InChI is InChI=1S/C21H19NO4/c1-3-25-21(24)18-17(15-10-6-4-7-11-15)19(16-12-8-5-9-13-16)26-20(18)22-14(2)23/h4-13H,3H2,1-2H3,(H,22,23). The number of carbonyl (C=O) groups is 2. The molecule has 0 aliphatic carbocycles. The Morgan fingerprint density at radius 2 is 1.54 bits per heavy atom. The van der Waals surface area contributed by atoms with Crippen molar-refractivity contribution in [1.29, 1.82) is 0 Å². The highest BCUT2D eigenvalue weighted by atomic mass is 16.5. The first-order valence-corrected chi connectivity index (χ1v) is 8.34. The molecule has 1 N–H and O–H groups in total. The number of nitrogens with one attached hydrogen (secondary N) is 1. The van der Waals surface area contributed by atoms with Crippen molar-refractivity contribution in [2.75, 3.05) is 11.9 Å². The highest BCUT2D eigenvalue weighted by Gasteiger charge is 2.29. The molecule has 26 heavy (non-hydrogen) atoms. The first kappa shape index (κ1) is 17.5. The minimum Gasteiger partial charge on any atom is -0.462 e. The summed E-state index contributed by atoms with van der Waals surface area (Å²) in [4.78, 5) is 24.3. The van der Waals surface area contributed by atoms with E-state index in [2.05, 4.69) is 5.32 Å². The second-order valence-corrected chi connectivity index (χ2v) is 5.64. The first-order valence-electron chi connectivity index (χ1n) is 8.34. The van der Waals surface area contributed by atoms with Crippen LogP contribution in [0.1, 0.15) is 24.2 Å². The maximum Gasteiger partial charge on any atom is 0.344 e. The molecule has 132 valence electrons. The van der Waals surface area contributed by atoms with E-state index in [9.17, 15) is 9.59 Å². The second kappa shape index (κ2) is 7.70. The van der Waals surface area contributed by atoms with Crippen molar-refractivity contribution in [1.82, 2.24) is 0 Å². The monoisotopic (exact) mass is 349 g/mol. The Bertz CT molecular complexity index is 914. The Labute approximate surface area is 151 Å². The fourth-order valence-electron chi connectivity index (χ4n) is 2.75. The lowest BCUT2D eigenvalue weighted by atomic mass is 9.98. The van der Waals surface area contributed by atoms with Gasteiger partial charge in [0.05, 0.1) is 6.61 Å². The van der Waals surface area contributed by atoms with Crippen LogP contribution in [0, 0.1) is 0 Å². The molecule has 3 rings (SSSR count). The zero-order chi connectivity index (χ0) is 18.5. The van der Waals surface area contributed by atoms with Gasteiger partial charge >= 0.3 is 5.97 Å². The van der Waals surface area contributed by atoms with Crippen LogP contribution in [-0.2, 0) is 9.53 Å². The Morgan fingerprint density at radius 3 is 2.08 bits per heavy atom. The van der Waals surface area contributed by atoms with Gasteiger partial charge in [-0.15, -0.1) is 0 Å². The summed E-state index contributed by atoms with van der Waals surface area (Å²) in [7, 11) is 0. The lowest BCUT2D eigenvalue weighted by Crippen LogP contribution is -2.12. The molecule has 1 amide bonds. The van der Waals surface area contributed by atoms with Gasteiger partial charge < -0.3 is 9.15 Å². The molecule has 0 unspecified atom stereocenters. The number of esters is 1. The van der Waals surface area contributed by atoms with E-state index in [4.69, 9.17) is 9.15 Å². The van der Waals surface area contributed by atoms with Crippen LogP contribution in [0.5, 0.6) is 0 Å². The van der Waals surface area contributed by atoms with Gasteiger partial charge in [0.1, 0.15) is 11.3 Å². The predicted octanol–water partition coefficient (Wildman–Crippen LogP) is 4.75. The molecule has 0 saturated heterocycles. The summed E-state index contributed by atoms with van der Waals surface area (Å²) in [5, 5.41) is 2.61. The summed E-state index contributed by atoms with van der Waals surface area (Å²) in [6.07, 6.45) is 0. The van der Waals surface area contributed by atoms with Crippen LogP contribution in [0.15, 0.2) is 65.1 Å². The van der Waals surface area contributed by atoms with E-state index in [0.717, 1.165) is 11.1 Å². The molecular weight excluding hydrogens is 330 g/mol. The molecule has 5 nitrogen and oxygen atoms in total. The average Bonchev–Trinajstić information content (AvgIpc) is 3.02. The highest BCUT2D eigenvalue weighted by Crippen LogP contribution is 2.42. The number of hydrogen-bond acceptors (Lipinski definition) is 4. The van der Waals surface area contributed by atoms with Gasteiger partial charge in [0.2, 0.25) is 11.8 Å². The fourth-order valence-corrected chi connectivity index (χ4v) is 2.75. The van der Waals surface area contributed by atoms with Crippen LogP contribution in [0.4, 0.5) is 5.88 Å². The molecule has 5 heteroatoms. The molecule has 0 bridgehead atoms. The lowest BCUT2D eigenvalue weighted by Gasteiger charge is -2.07. The Kier molecular flexibility index (Phi) is 5.17. The van der Waals surface area contributed by atoms with Crippen molar-refractivity contribution in [3.63, 3.8) is 0 Å². The van der Waals surface area contributed by atoms with Crippen LogP contribution < -0.4 is 5.32 Å². The molecule has 0 aliphatic heterocycles. The number of ether oxygens (including phenoxy) is 1. The summed E-state index contributed by atoms with van der Waals surface area (Å²) < 4.78 is 11.1. The maximum absolute atomic E-state index is 12.7. The molecule has 3 aromatic rings. The molecule has 2 aromatic carbocycles. The van der Waals surface area contributed by atoms with E-state index in [1.54, 1.807) is 6.92 Å². The molecule has 0 spiro atoms. The normalized spacial score (nSPS) is 10.4. The fraction of sp³-hybridized carbons (Fsp3) is 0.143. The van der Waals surface area contributed by atoms with Gasteiger partial charge in [0.25, 0.3) is 0 Å². The number of anilines is 1. The highest BCUT2D eigenvalue weighted by molar-refractivity contribution is 6.08. The Hall–Kier alpha value is -3.34. The van der Waals surface area contributed by atoms with Crippen molar-refractivity contribution in [2.24, 2.45) is 0 Å². The number of carbonyl (C=O) groups excluding carboxylic acids is 2. The van der Waals surface area contributed by atoms with Gasteiger partial charge in [-0.2, -0.15) is 0 Å².